The third-order valence-electron chi connectivity index (χ3n) is 4.09. The Morgan fingerprint density at radius 1 is 1.03 bits per heavy atom. The first-order valence-electron chi connectivity index (χ1n) is 9.06. The van der Waals surface area contributed by atoms with Gasteiger partial charge >= 0.3 is 6.18 Å². The van der Waals surface area contributed by atoms with E-state index in [2.05, 4.69) is 14.8 Å². The van der Waals surface area contributed by atoms with E-state index in [0.717, 1.165) is 5.56 Å². The summed E-state index contributed by atoms with van der Waals surface area (Å²) < 4.78 is 68.0. The van der Waals surface area contributed by atoms with Crippen LogP contribution in [0.5, 0.6) is 0 Å². The summed E-state index contributed by atoms with van der Waals surface area (Å²) in [5, 5.41) is 2.59. The Hall–Kier alpha value is -2.43. The molecule has 1 amide bonds. The van der Waals surface area contributed by atoms with Gasteiger partial charge in [0.25, 0.3) is 5.91 Å². The molecule has 2 aromatic rings. The third kappa shape index (κ3) is 7.43. The topological polar surface area (TPSA) is 84.5 Å². The summed E-state index contributed by atoms with van der Waals surface area (Å²) in [7, 11) is -3.70. The number of hydrogen-bond acceptors (Lipinski definition) is 4. The second kappa shape index (κ2) is 10.1. The molecule has 0 saturated carbocycles. The van der Waals surface area contributed by atoms with Gasteiger partial charge in [0.1, 0.15) is 6.61 Å². The Labute approximate surface area is 173 Å². The number of amides is 1. The number of alkyl halides is 3. The van der Waals surface area contributed by atoms with Crippen molar-refractivity contribution >= 4 is 15.9 Å². The van der Waals surface area contributed by atoms with E-state index in [1.165, 1.54) is 24.3 Å². The first-order chi connectivity index (χ1) is 14.0. The lowest BCUT2D eigenvalue weighted by Crippen LogP contribution is -2.35. The summed E-state index contributed by atoms with van der Waals surface area (Å²) in [5.74, 6) is -0.427. The zero-order chi connectivity index (χ0) is 22.4. The molecule has 6 nitrogen and oxygen atoms in total. The molecule has 2 aromatic carbocycles. The van der Waals surface area contributed by atoms with E-state index in [0.29, 0.717) is 16.7 Å². The maximum atomic E-state index is 12.4. The van der Waals surface area contributed by atoms with Gasteiger partial charge < -0.3 is 10.1 Å². The fourth-order valence-corrected chi connectivity index (χ4v) is 3.93. The van der Waals surface area contributed by atoms with Crippen LogP contribution in [0, 0.1) is 13.8 Å². The van der Waals surface area contributed by atoms with Gasteiger partial charge in [-0.25, -0.2) is 13.1 Å². The van der Waals surface area contributed by atoms with Crippen LogP contribution in [-0.4, -0.2) is 40.2 Å². The molecule has 0 bridgehead atoms. The lowest BCUT2D eigenvalue weighted by Gasteiger charge is -2.11. The van der Waals surface area contributed by atoms with Crippen molar-refractivity contribution in [1.82, 2.24) is 10.0 Å². The van der Waals surface area contributed by atoms with Crippen molar-refractivity contribution in [3.63, 3.8) is 0 Å². The molecule has 2 N–H and O–H groups in total. The Morgan fingerprint density at radius 3 is 2.33 bits per heavy atom. The molecule has 0 aliphatic heterocycles. The van der Waals surface area contributed by atoms with Crippen LogP contribution >= 0.6 is 0 Å². The minimum atomic E-state index is -4.39. The van der Waals surface area contributed by atoms with E-state index in [4.69, 9.17) is 0 Å². The fourth-order valence-electron chi connectivity index (χ4n) is 2.58. The van der Waals surface area contributed by atoms with Gasteiger partial charge in [-0.15, -0.1) is 0 Å². The van der Waals surface area contributed by atoms with Gasteiger partial charge in [0.15, 0.2) is 0 Å². The molecule has 30 heavy (non-hydrogen) atoms. The highest BCUT2D eigenvalue weighted by Gasteiger charge is 2.27. The fraction of sp³-hybridized carbons (Fsp3) is 0.350. The number of carbonyl (C=O) groups excluding carboxylic acids is 1. The highest BCUT2D eigenvalue weighted by Crippen LogP contribution is 2.17. The van der Waals surface area contributed by atoms with Crippen molar-refractivity contribution in [3.8, 4) is 0 Å². The summed E-state index contributed by atoms with van der Waals surface area (Å²) in [6.45, 7) is 2.01. The molecule has 0 fully saturated rings. The molecule has 2 rings (SSSR count). The second-order valence-electron chi connectivity index (χ2n) is 6.73. The van der Waals surface area contributed by atoms with Crippen molar-refractivity contribution in [2.45, 2.75) is 31.5 Å². The van der Waals surface area contributed by atoms with Gasteiger partial charge in [-0.05, 0) is 48.7 Å². The van der Waals surface area contributed by atoms with Crippen LogP contribution in [-0.2, 0) is 21.4 Å². The largest absolute Gasteiger partial charge is 0.411 e. The number of ether oxygens (including phenoxy) is 1. The molecular weight excluding hydrogens is 421 g/mol. The van der Waals surface area contributed by atoms with E-state index in [9.17, 15) is 26.4 Å². The van der Waals surface area contributed by atoms with Crippen LogP contribution in [0.4, 0.5) is 13.2 Å². The number of nitrogens with one attached hydrogen (secondary N) is 2. The number of rotatable bonds is 9. The Balaban J connectivity index is 1.81. The maximum Gasteiger partial charge on any atom is 0.411 e. The molecule has 0 spiro atoms. The van der Waals surface area contributed by atoms with Gasteiger partial charge in [-0.1, -0.05) is 24.3 Å². The van der Waals surface area contributed by atoms with Crippen LogP contribution in [0.25, 0.3) is 0 Å². The van der Waals surface area contributed by atoms with E-state index in [-0.39, 0.29) is 24.6 Å². The molecule has 0 atom stereocenters. The summed E-state index contributed by atoms with van der Waals surface area (Å²) in [4.78, 5) is 12.3. The van der Waals surface area contributed by atoms with Crippen molar-refractivity contribution in [2.24, 2.45) is 0 Å². The van der Waals surface area contributed by atoms with E-state index >= 15 is 0 Å². The number of aryl methyl sites for hydroxylation is 2. The number of sulfonamides is 1. The zero-order valence-electron chi connectivity index (χ0n) is 16.5. The molecule has 10 heteroatoms. The maximum absolute atomic E-state index is 12.4. The standard InChI is InChI=1S/C20H23F3N2O4S/c1-14-3-4-15(2)18(11-14)30(27,28)25-10-9-24-19(26)17-7-5-16(6-8-17)12-29-13-20(21,22)23/h3-8,11,25H,9-10,12-13H2,1-2H3,(H,24,26). The van der Waals surface area contributed by atoms with Gasteiger partial charge in [-0.3, -0.25) is 4.79 Å². The highest BCUT2D eigenvalue weighted by atomic mass is 32.2. The van der Waals surface area contributed by atoms with E-state index in [1.807, 2.05) is 6.07 Å². The predicted molar refractivity (Wildman–Crippen MR) is 106 cm³/mol. The van der Waals surface area contributed by atoms with Gasteiger partial charge in [0, 0.05) is 18.7 Å². The Kier molecular flexibility index (Phi) is 7.99. The van der Waals surface area contributed by atoms with E-state index < -0.39 is 28.7 Å². The van der Waals surface area contributed by atoms with Crippen LogP contribution < -0.4 is 10.0 Å². The van der Waals surface area contributed by atoms with Gasteiger partial charge in [-0.2, -0.15) is 13.2 Å². The summed E-state index contributed by atoms with van der Waals surface area (Å²) in [6, 6.07) is 11.0. The lowest BCUT2D eigenvalue weighted by atomic mass is 10.1. The van der Waals surface area contributed by atoms with Crippen molar-refractivity contribution < 1.29 is 31.1 Å². The number of benzene rings is 2. The van der Waals surface area contributed by atoms with E-state index in [1.54, 1.807) is 26.0 Å². The molecule has 0 aliphatic carbocycles. The van der Waals surface area contributed by atoms with Crippen LogP contribution in [0.1, 0.15) is 27.0 Å². The molecule has 0 saturated heterocycles. The monoisotopic (exact) mass is 444 g/mol. The first-order valence-corrected chi connectivity index (χ1v) is 10.5. The summed E-state index contributed by atoms with van der Waals surface area (Å²) in [5.41, 5.74) is 2.24. The number of halogens is 3. The molecular formula is C20H23F3N2O4S. The lowest BCUT2D eigenvalue weighted by molar-refractivity contribution is -0.176. The zero-order valence-corrected chi connectivity index (χ0v) is 17.4. The quantitative estimate of drug-likeness (QED) is 0.582. The third-order valence-corrected chi connectivity index (χ3v) is 5.69. The molecule has 0 radical (unpaired) electrons. The smallest absolute Gasteiger partial charge is 0.367 e. The van der Waals surface area contributed by atoms with Crippen LogP contribution in [0.2, 0.25) is 0 Å². The molecule has 0 unspecified atom stereocenters. The van der Waals surface area contributed by atoms with Gasteiger partial charge in [0.2, 0.25) is 10.0 Å². The Bertz CT molecular complexity index is 975. The average molecular weight is 444 g/mol. The van der Waals surface area contributed by atoms with Gasteiger partial charge in [0.05, 0.1) is 11.5 Å². The SMILES string of the molecule is Cc1ccc(C)c(S(=O)(=O)NCCNC(=O)c2ccc(COCC(F)(F)F)cc2)c1. The van der Waals surface area contributed by atoms with Crippen LogP contribution in [0.3, 0.4) is 0 Å². The van der Waals surface area contributed by atoms with Crippen molar-refractivity contribution in [2.75, 3.05) is 19.7 Å². The minimum Gasteiger partial charge on any atom is -0.367 e. The van der Waals surface area contributed by atoms with Crippen molar-refractivity contribution in [1.29, 1.82) is 0 Å². The number of carbonyl (C=O) groups is 1. The normalized spacial score (nSPS) is 12.0. The molecule has 0 aromatic heterocycles. The second-order valence-corrected chi connectivity index (χ2v) is 8.46. The average Bonchev–Trinajstić information content (AvgIpc) is 2.66. The predicted octanol–water partition coefficient (Wildman–Crippen LogP) is 3.09. The molecule has 0 aliphatic rings. The number of hydrogen-bond donors (Lipinski definition) is 2. The molecule has 164 valence electrons. The molecule has 0 heterocycles. The Morgan fingerprint density at radius 2 is 1.70 bits per heavy atom. The summed E-state index contributed by atoms with van der Waals surface area (Å²) in [6.07, 6.45) is -4.39. The minimum absolute atomic E-state index is 0.00478. The summed E-state index contributed by atoms with van der Waals surface area (Å²) >= 11 is 0. The van der Waals surface area contributed by atoms with Crippen LogP contribution in [0.15, 0.2) is 47.4 Å². The van der Waals surface area contributed by atoms with Crippen molar-refractivity contribution in [3.05, 3.63) is 64.7 Å². The first kappa shape index (κ1) is 23.8. The highest BCUT2D eigenvalue weighted by molar-refractivity contribution is 7.89.